The molecule has 0 radical (unpaired) electrons. The first kappa shape index (κ1) is 45.6. The van der Waals surface area contributed by atoms with Crippen molar-refractivity contribution in [2.24, 2.45) is 0 Å². The third-order valence-corrected chi connectivity index (χ3v) is 9.24. The van der Waals surface area contributed by atoms with Gasteiger partial charge in [0.15, 0.2) is 0 Å². The Hall–Kier alpha value is -1.37. The van der Waals surface area contributed by atoms with Crippen LogP contribution in [0, 0.1) is 0 Å². The maximum absolute atomic E-state index is 11.2. The van der Waals surface area contributed by atoms with Gasteiger partial charge in [-0.05, 0) is 104 Å². The second-order valence-electron chi connectivity index (χ2n) is 14.3. The maximum atomic E-state index is 11.2. The summed E-state index contributed by atoms with van der Waals surface area (Å²) in [5, 5.41) is 29.4. The number of hydrogen-bond donors (Lipinski definition) is 3. The molecule has 3 unspecified atom stereocenters. The predicted octanol–water partition coefficient (Wildman–Crippen LogP) is 11.8. The molecule has 3 atom stereocenters. The molecule has 0 fully saturated rings. The minimum absolute atomic E-state index is 0.170. The van der Waals surface area contributed by atoms with Gasteiger partial charge in [-0.1, -0.05) is 134 Å². The van der Waals surface area contributed by atoms with Crippen molar-refractivity contribution in [3.63, 3.8) is 0 Å². The van der Waals surface area contributed by atoms with Crippen molar-refractivity contribution >= 4 is 6.16 Å². The van der Waals surface area contributed by atoms with Crippen LogP contribution in [0.15, 0.2) is 24.3 Å². The highest BCUT2D eigenvalue weighted by Gasteiger charge is 2.13. The van der Waals surface area contributed by atoms with E-state index in [4.69, 9.17) is 9.84 Å². The van der Waals surface area contributed by atoms with Gasteiger partial charge in [-0.25, -0.2) is 4.79 Å². The number of ether oxygens (including phenoxy) is 1. The normalized spacial score (nSPS) is 14.0. The number of unbranched alkanes of at least 4 members (excludes halogenated alkanes) is 19. The first-order valence-corrected chi connectivity index (χ1v) is 20.1. The van der Waals surface area contributed by atoms with E-state index in [1.807, 2.05) is 0 Å². The van der Waals surface area contributed by atoms with Gasteiger partial charge in [0, 0.05) is 0 Å². The highest BCUT2D eigenvalue weighted by molar-refractivity contribution is 5.57. The van der Waals surface area contributed by atoms with E-state index in [0.717, 1.165) is 89.9 Å². The fraction of sp³-hybridized carbons (Fsp3) is 0.878. The van der Waals surface area contributed by atoms with Gasteiger partial charge in [0.1, 0.15) is 6.10 Å². The Kier molecular flexibility index (Phi) is 34.9. The monoisotopic (exact) mass is 666 g/mol. The van der Waals surface area contributed by atoms with Crippen molar-refractivity contribution in [2.75, 3.05) is 20.6 Å². The summed E-state index contributed by atoms with van der Waals surface area (Å²) >= 11 is 0. The fourth-order valence-corrected chi connectivity index (χ4v) is 6.21. The topological polar surface area (TPSA) is 90.2 Å². The van der Waals surface area contributed by atoms with Crippen LogP contribution >= 0.6 is 0 Å². The number of rotatable bonds is 36. The Morgan fingerprint density at radius 1 is 0.553 bits per heavy atom. The van der Waals surface area contributed by atoms with Crippen molar-refractivity contribution in [1.82, 2.24) is 4.90 Å². The molecule has 0 amide bonds. The Bertz CT molecular complexity index is 710. The molecule has 278 valence electrons. The van der Waals surface area contributed by atoms with E-state index in [0.29, 0.717) is 0 Å². The zero-order valence-corrected chi connectivity index (χ0v) is 31.4. The van der Waals surface area contributed by atoms with E-state index in [2.05, 4.69) is 50.2 Å². The number of carboxylic acid groups (broad SMARTS) is 1. The first-order valence-electron chi connectivity index (χ1n) is 20.1. The number of hydrogen-bond acceptors (Lipinski definition) is 5. The molecule has 0 bridgehead atoms. The molecule has 0 aliphatic carbocycles. The van der Waals surface area contributed by atoms with Crippen LogP contribution < -0.4 is 0 Å². The number of aliphatic hydroxyl groups is 2. The van der Waals surface area contributed by atoms with Crippen LogP contribution in [0.2, 0.25) is 0 Å². The van der Waals surface area contributed by atoms with Crippen molar-refractivity contribution in [3.05, 3.63) is 24.3 Å². The lowest BCUT2D eigenvalue weighted by atomic mass is 10.0. The quantitative estimate of drug-likeness (QED) is 0.0350. The summed E-state index contributed by atoms with van der Waals surface area (Å²) in [4.78, 5) is 13.4. The number of allylic oxidation sites excluding steroid dienone is 2. The van der Waals surface area contributed by atoms with Gasteiger partial charge in [-0.15, -0.1) is 0 Å². The molecule has 0 heterocycles. The molecular weight excluding hydrogens is 586 g/mol. The van der Waals surface area contributed by atoms with Crippen molar-refractivity contribution in [1.29, 1.82) is 0 Å². The molecule has 0 aliphatic heterocycles. The van der Waals surface area contributed by atoms with E-state index in [1.165, 1.54) is 103 Å². The third-order valence-electron chi connectivity index (χ3n) is 9.24. The minimum atomic E-state index is -1.15. The van der Waals surface area contributed by atoms with Crippen LogP contribution in [0.25, 0.3) is 0 Å². The summed E-state index contributed by atoms with van der Waals surface area (Å²) in [7, 11) is 4.28. The predicted molar refractivity (Wildman–Crippen MR) is 201 cm³/mol. The third kappa shape index (κ3) is 37.3. The molecule has 0 aromatic carbocycles. The molecule has 0 saturated heterocycles. The van der Waals surface area contributed by atoms with Crippen LogP contribution in [-0.4, -0.2) is 65.3 Å². The standard InChI is InChI=1S/C41H79NO5/c1-4-5-6-24-31-38(43)32-25-18-12-7-9-15-21-28-35-40(47-41(45)46)36-29-22-16-10-8-13-19-26-33-39(44)34-27-20-14-11-17-23-30-37-42(2)3/h18-19,25-26,38-40,43-44H,4-17,20-24,27-37H2,1-3H3,(H,45,46). The molecule has 6 heteroatoms. The Labute approximate surface area is 291 Å². The summed E-state index contributed by atoms with van der Waals surface area (Å²) in [6.07, 6.45) is 39.5. The lowest BCUT2D eigenvalue weighted by molar-refractivity contribution is 0.0422. The van der Waals surface area contributed by atoms with Crippen molar-refractivity contribution < 1.29 is 24.9 Å². The molecule has 0 rings (SSSR count). The van der Waals surface area contributed by atoms with Gasteiger partial charge >= 0.3 is 6.16 Å². The zero-order chi connectivity index (χ0) is 34.6. The van der Waals surface area contributed by atoms with E-state index in [9.17, 15) is 15.0 Å². The SMILES string of the molecule is CCCCCCC(O)CC=CCCCCCCCC(CCCCCCCC=CCC(O)CCCCCCCCCN(C)C)OC(=O)O. The highest BCUT2D eigenvalue weighted by Crippen LogP contribution is 2.18. The van der Waals surface area contributed by atoms with Gasteiger partial charge in [-0.2, -0.15) is 0 Å². The summed E-state index contributed by atoms with van der Waals surface area (Å²) in [6, 6.07) is 0. The van der Waals surface area contributed by atoms with E-state index >= 15 is 0 Å². The lowest BCUT2D eigenvalue weighted by Gasteiger charge is -2.15. The van der Waals surface area contributed by atoms with Gasteiger partial charge in [0.05, 0.1) is 12.2 Å². The maximum Gasteiger partial charge on any atom is 0.506 e. The zero-order valence-electron chi connectivity index (χ0n) is 31.4. The smallest absolute Gasteiger partial charge is 0.450 e. The van der Waals surface area contributed by atoms with Crippen LogP contribution in [0.5, 0.6) is 0 Å². The molecule has 0 aromatic heterocycles. The highest BCUT2D eigenvalue weighted by atomic mass is 16.7. The first-order chi connectivity index (χ1) is 22.8. The van der Waals surface area contributed by atoms with E-state index < -0.39 is 6.16 Å². The number of nitrogens with zero attached hydrogens (tertiary/aromatic N) is 1. The summed E-state index contributed by atoms with van der Waals surface area (Å²) < 4.78 is 5.19. The van der Waals surface area contributed by atoms with E-state index in [1.54, 1.807) is 0 Å². The largest absolute Gasteiger partial charge is 0.506 e. The molecule has 0 saturated carbocycles. The summed E-state index contributed by atoms with van der Waals surface area (Å²) in [6.45, 7) is 3.41. The Morgan fingerprint density at radius 2 is 0.936 bits per heavy atom. The Balaban J connectivity index is 3.67. The Morgan fingerprint density at radius 3 is 1.36 bits per heavy atom. The van der Waals surface area contributed by atoms with Crippen LogP contribution in [-0.2, 0) is 4.74 Å². The molecule has 47 heavy (non-hydrogen) atoms. The molecule has 0 spiro atoms. The lowest BCUT2D eigenvalue weighted by Crippen LogP contribution is -2.16. The average molecular weight is 666 g/mol. The van der Waals surface area contributed by atoms with Gasteiger partial charge in [0.25, 0.3) is 0 Å². The number of carbonyl (C=O) groups is 1. The second-order valence-corrected chi connectivity index (χ2v) is 14.3. The second kappa shape index (κ2) is 35.9. The molecular formula is C41H79NO5. The van der Waals surface area contributed by atoms with Gasteiger partial charge in [-0.3, -0.25) is 0 Å². The van der Waals surface area contributed by atoms with Crippen LogP contribution in [0.3, 0.4) is 0 Å². The van der Waals surface area contributed by atoms with Crippen molar-refractivity contribution in [2.45, 2.75) is 211 Å². The molecule has 0 aromatic rings. The van der Waals surface area contributed by atoms with Gasteiger partial charge < -0.3 is 25.0 Å². The number of aliphatic hydroxyl groups excluding tert-OH is 2. The summed E-state index contributed by atoms with van der Waals surface area (Å²) in [5.41, 5.74) is 0. The van der Waals surface area contributed by atoms with Crippen LogP contribution in [0.1, 0.15) is 193 Å². The van der Waals surface area contributed by atoms with Gasteiger partial charge in [0.2, 0.25) is 0 Å². The van der Waals surface area contributed by atoms with Crippen LogP contribution in [0.4, 0.5) is 4.79 Å². The minimum Gasteiger partial charge on any atom is -0.450 e. The molecule has 6 nitrogen and oxygen atoms in total. The molecule has 0 aliphatic rings. The average Bonchev–Trinajstić information content (AvgIpc) is 3.03. The summed E-state index contributed by atoms with van der Waals surface area (Å²) in [5.74, 6) is 0. The van der Waals surface area contributed by atoms with Crippen molar-refractivity contribution in [3.8, 4) is 0 Å². The van der Waals surface area contributed by atoms with E-state index in [-0.39, 0.29) is 18.3 Å². The fourth-order valence-electron chi connectivity index (χ4n) is 6.21. The molecule has 3 N–H and O–H groups in total.